The average molecular weight is 352 g/mol. The molecule has 1 aliphatic heterocycles. The second-order valence-corrected chi connectivity index (χ2v) is 6.34. The van der Waals surface area contributed by atoms with Crippen LogP contribution in [-0.4, -0.2) is 43.3 Å². The van der Waals surface area contributed by atoms with Gasteiger partial charge in [0.1, 0.15) is 5.75 Å². The Kier molecular flexibility index (Phi) is 6.02. The zero-order chi connectivity index (χ0) is 18.4. The minimum absolute atomic E-state index is 0.00271. The van der Waals surface area contributed by atoms with E-state index < -0.39 is 0 Å². The van der Waals surface area contributed by atoms with Crippen LogP contribution in [0.5, 0.6) is 5.75 Å². The van der Waals surface area contributed by atoms with Crippen LogP contribution in [0.1, 0.15) is 34.8 Å². The summed E-state index contributed by atoms with van der Waals surface area (Å²) in [5, 5.41) is 3.34. The molecule has 5 nitrogen and oxygen atoms in total. The van der Waals surface area contributed by atoms with Crippen LogP contribution in [0.2, 0.25) is 0 Å². The zero-order valence-electron chi connectivity index (χ0n) is 15.0. The summed E-state index contributed by atoms with van der Waals surface area (Å²) in [6, 6.07) is 16.8. The van der Waals surface area contributed by atoms with Crippen molar-refractivity contribution in [2.24, 2.45) is 0 Å². The number of Topliss-reactive ketones (excluding diaryl/α,β-unsaturated/α-hetero) is 1. The normalized spacial score (nSPS) is 17.0. The Hall–Kier alpha value is -2.66. The first kappa shape index (κ1) is 18.1. The highest BCUT2D eigenvalue weighted by atomic mass is 16.5. The molecule has 136 valence electrons. The number of hydrogen-bond donors (Lipinski definition) is 1. The number of amides is 1. The van der Waals surface area contributed by atoms with Crippen LogP contribution in [-0.2, 0) is 4.79 Å². The maximum atomic E-state index is 12.8. The first-order valence-corrected chi connectivity index (χ1v) is 8.92. The molecule has 1 aliphatic rings. The van der Waals surface area contributed by atoms with Gasteiger partial charge >= 0.3 is 0 Å². The van der Waals surface area contributed by atoms with Gasteiger partial charge in [-0.2, -0.15) is 0 Å². The number of carbonyl (C=O) groups excluding carboxylic acids is 2. The molecule has 1 unspecified atom stereocenters. The molecular formula is C21H24N2O3. The molecule has 3 rings (SSSR count). The van der Waals surface area contributed by atoms with E-state index in [1.807, 2.05) is 47.4 Å². The zero-order valence-corrected chi connectivity index (χ0v) is 15.0. The SMILES string of the molecule is COc1ccccc1C1CNCCN1C(=O)CCC(=O)c1ccccc1. The Labute approximate surface area is 154 Å². The molecule has 5 heteroatoms. The van der Waals surface area contributed by atoms with E-state index in [4.69, 9.17) is 4.74 Å². The molecule has 1 heterocycles. The quantitative estimate of drug-likeness (QED) is 0.812. The van der Waals surface area contributed by atoms with E-state index in [1.54, 1.807) is 19.2 Å². The Morgan fingerprint density at radius 1 is 1.08 bits per heavy atom. The van der Waals surface area contributed by atoms with Gasteiger partial charge in [0, 0.05) is 43.6 Å². The molecular weight excluding hydrogens is 328 g/mol. The Morgan fingerprint density at radius 2 is 1.81 bits per heavy atom. The molecule has 2 aromatic carbocycles. The lowest BCUT2D eigenvalue weighted by Crippen LogP contribution is -2.48. The largest absolute Gasteiger partial charge is 0.496 e. The van der Waals surface area contributed by atoms with Gasteiger partial charge in [-0.3, -0.25) is 9.59 Å². The summed E-state index contributed by atoms with van der Waals surface area (Å²) in [7, 11) is 1.64. The fraction of sp³-hybridized carbons (Fsp3) is 0.333. The van der Waals surface area contributed by atoms with Crippen molar-refractivity contribution in [2.75, 3.05) is 26.7 Å². The Bertz CT molecular complexity index is 761. The van der Waals surface area contributed by atoms with Crippen molar-refractivity contribution in [3.05, 3.63) is 65.7 Å². The van der Waals surface area contributed by atoms with Crippen molar-refractivity contribution in [2.45, 2.75) is 18.9 Å². The topological polar surface area (TPSA) is 58.6 Å². The van der Waals surface area contributed by atoms with E-state index in [0.717, 1.165) is 17.9 Å². The first-order valence-electron chi connectivity index (χ1n) is 8.92. The van der Waals surface area contributed by atoms with E-state index in [0.29, 0.717) is 18.7 Å². The number of rotatable bonds is 6. The molecule has 1 amide bonds. The predicted octanol–water partition coefficient (Wildman–Crippen LogP) is 2.83. The molecule has 2 aromatic rings. The van der Waals surface area contributed by atoms with Gasteiger partial charge in [-0.1, -0.05) is 48.5 Å². The van der Waals surface area contributed by atoms with Gasteiger partial charge in [0.2, 0.25) is 5.91 Å². The summed E-state index contributed by atoms with van der Waals surface area (Å²) in [5.41, 5.74) is 1.65. The maximum absolute atomic E-state index is 12.8. The van der Waals surface area contributed by atoms with Crippen molar-refractivity contribution in [1.29, 1.82) is 0 Å². The van der Waals surface area contributed by atoms with E-state index in [-0.39, 0.29) is 30.6 Å². The van der Waals surface area contributed by atoms with E-state index in [1.165, 1.54) is 0 Å². The summed E-state index contributed by atoms with van der Waals surface area (Å²) in [6.07, 6.45) is 0.449. The monoisotopic (exact) mass is 352 g/mol. The van der Waals surface area contributed by atoms with E-state index >= 15 is 0 Å². The molecule has 0 aliphatic carbocycles. The summed E-state index contributed by atoms with van der Waals surface area (Å²) in [6.45, 7) is 2.06. The van der Waals surface area contributed by atoms with Gasteiger partial charge in [-0.15, -0.1) is 0 Å². The lowest BCUT2D eigenvalue weighted by atomic mass is 10.0. The molecule has 0 spiro atoms. The van der Waals surface area contributed by atoms with Gasteiger partial charge < -0.3 is 15.0 Å². The molecule has 1 N–H and O–H groups in total. The number of methoxy groups -OCH3 is 1. The third-order valence-corrected chi connectivity index (χ3v) is 4.72. The number of ketones is 1. The van der Waals surface area contributed by atoms with Crippen molar-refractivity contribution in [3.8, 4) is 5.75 Å². The fourth-order valence-corrected chi connectivity index (χ4v) is 3.35. The van der Waals surface area contributed by atoms with Crippen molar-refractivity contribution in [1.82, 2.24) is 10.2 Å². The van der Waals surface area contributed by atoms with E-state index in [9.17, 15) is 9.59 Å². The minimum atomic E-state index is -0.0840. The van der Waals surface area contributed by atoms with Crippen LogP contribution in [0.4, 0.5) is 0 Å². The highest BCUT2D eigenvalue weighted by molar-refractivity contribution is 5.97. The number of hydrogen-bond acceptors (Lipinski definition) is 4. The standard InChI is InChI=1S/C21H24N2O3/c1-26-20-10-6-5-9-17(20)18-15-22-13-14-23(18)21(25)12-11-19(24)16-7-3-2-4-8-16/h2-10,18,22H,11-15H2,1H3. The van der Waals surface area contributed by atoms with Crippen LogP contribution in [0.25, 0.3) is 0 Å². The molecule has 0 saturated carbocycles. The molecule has 1 saturated heterocycles. The summed E-state index contributed by atoms with van der Waals surface area (Å²) in [4.78, 5) is 27.0. The van der Waals surface area contributed by atoms with E-state index in [2.05, 4.69) is 5.32 Å². The predicted molar refractivity (Wildman–Crippen MR) is 100 cm³/mol. The van der Waals surface area contributed by atoms with Crippen LogP contribution >= 0.6 is 0 Å². The molecule has 26 heavy (non-hydrogen) atoms. The number of para-hydroxylation sites is 1. The molecule has 1 atom stereocenters. The van der Waals surface area contributed by atoms with Crippen LogP contribution < -0.4 is 10.1 Å². The fourth-order valence-electron chi connectivity index (χ4n) is 3.35. The average Bonchev–Trinajstić information content (AvgIpc) is 2.72. The number of benzene rings is 2. The van der Waals surface area contributed by atoms with Crippen LogP contribution in [0.3, 0.4) is 0 Å². The minimum Gasteiger partial charge on any atom is -0.496 e. The third-order valence-electron chi connectivity index (χ3n) is 4.72. The second-order valence-electron chi connectivity index (χ2n) is 6.34. The number of carbonyl (C=O) groups is 2. The first-order chi connectivity index (χ1) is 12.7. The van der Waals surface area contributed by atoms with Gasteiger partial charge in [0.05, 0.1) is 13.2 Å². The molecule has 0 bridgehead atoms. The highest BCUT2D eigenvalue weighted by Crippen LogP contribution is 2.30. The van der Waals surface area contributed by atoms with Gasteiger partial charge in [0.25, 0.3) is 0 Å². The second kappa shape index (κ2) is 8.63. The molecule has 1 fully saturated rings. The number of nitrogens with one attached hydrogen (secondary N) is 1. The summed E-state index contributed by atoms with van der Waals surface area (Å²) in [5.74, 6) is 0.786. The van der Waals surface area contributed by atoms with Crippen LogP contribution in [0.15, 0.2) is 54.6 Å². The number of ether oxygens (including phenoxy) is 1. The van der Waals surface area contributed by atoms with Gasteiger partial charge in [0.15, 0.2) is 5.78 Å². The maximum Gasteiger partial charge on any atom is 0.223 e. The number of piperazine rings is 1. The smallest absolute Gasteiger partial charge is 0.223 e. The highest BCUT2D eigenvalue weighted by Gasteiger charge is 2.29. The van der Waals surface area contributed by atoms with Crippen molar-refractivity contribution in [3.63, 3.8) is 0 Å². The Morgan fingerprint density at radius 3 is 2.58 bits per heavy atom. The van der Waals surface area contributed by atoms with Crippen molar-refractivity contribution < 1.29 is 14.3 Å². The summed E-state index contributed by atoms with van der Waals surface area (Å²) < 4.78 is 5.46. The Balaban J connectivity index is 1.69. The van der Waals surface area contributed by atoms with Gasteiger partial charge in [-0.05, 0) is 6.07 Å². The summed E-state index contributed by atoms with van der Waals surface area (Å²) >= 11 is 0. The lowest BCUT2D eigenvalue weighted by Gasteiger charge is -2.37. The molecule has 0 radical (unpaired) electrons. The molecule has 0 aromatic heterocycles. The lowest BCUT2D eigenvalue weighted by molar-refractivity contribution is -0.134. The van der Waals surface area contributed by atoms with Crippen molar-refractivity contribution >= 4 is 11.7 Å². The van der Waals surface area contributed by atoms with Gasteiger partial charge in [-0.25, -0.2) is 0 Å². The van der Waals surface area contributed by atoms with Crippen LogP contribution in [0, 0.1) is 0 Å². The number of nitrogens with zero attached hydrogens (tertiary/aromatic N) is 1. The third kappa shape index (κ3) is 4.11.